The van der Waals surface area contributed by atoms with Gasteiger partial charge >= 0.3 is 0 Å². The molecular formula is C15H21ClN2O. The fraction of sp³-hybridized carbons (Fsp3) is 0.533. The number of nitrogens with zero attached hydrogens (tertiary/aromatic N) is 1. The molecule has 0 unspecified atom stereocenters. The van der Waals surface area contributed by atoms with Gasteiger partial charge in [0.15, 0.2) is 0 Å². The van der Waals surface area contributed by atoms with Crippen molar-refractivity contribution >= 4 is 28.9 Å². The van der Waals surface area contributed by atoms with E-state index in [1.165, 1.54) is 12.8 Å². The van der Waals surface area contributed by atoms with Crippen molar-refractivity contribution in [2.45, 2.75) is 33.1 Å². The van der Waals surface area contributed by atoms with Crippen molar-refractivity contribution in [3.63, 3.8) is 0 Å². The molecule has 4 heteroatoms. The third-order valence-corrected chi connectivity index (χ3v) is 3.58. The molecule has 0 atom stereocenters. The van der Waals surface area contributed by atoms with E-state index in [4.69, 9.17) is 11.6 Å². The van der Waals surface area contributed by atoms with Crippen LogP contribution in [0.25, 0.3) is 0 Å². The first-order valence-electron chi connectivity index (χ1n) is 6.91. The highest BCUT2D eigenvalue weighted by atomic mass is 35.5. The number of carbonyl (C=O) groups is 1. The van der Waals surface area contributed by atoms with Crippen LogP contribution >= 0.6 is 11.6 Å². The molecule has 104 valence electrons. The lowest BCUT2D eigenvalue weighted by molar-refractivity contribution is -0.116. The summed E-state index contributed by atoms with van der Waals surface area (Å²) in [5.41, 5.74) is 1.80. The number of hydrogen-bond donors (Lipinski definition) is 1. The summed E-state index contributed by atoms with van der Waals surface area (Å²) in [6.07, 6.45) is 2.90. The summed E-state index contributed by atoms with van der Waals surface area (Å²) >= 11 is 6.31. The van der Waals surface area contributed by atoms with Crippen molar-refractivity contribution < 1.29 is 4.79 Å². The van der Waals surface area contributed by atoms with Crippen LogP contribution < -0.4 is 10.2 Å². The van der Waals surface area contributed by atoms with Crippen LogP contribution in [0.2, 0.25) is 5.02 Å². The maximum Gasteiger partial charge on any atom is 0.224 e. The molecule has 3 nitrogen and oxygen atoms in total. The van der Waals surface area contributed by atoms with Crippen LogP contribution in [0.5, 0.6) is 0 Å². The number of amides is 1. The zero-order valence-corrected chi connectivity index (χ0v) is 12.3. The third-order valence-electron chi connectivity index (χ3n) is 3.28. The van der Waals surface area contributed by atoms with Crippen LogP contribution in [0, 0.1) is 5.92 Å². The second kappa shape index (κ2) is 6.29. The third kappa shape index (κ3) is 3.63. The molecule has 1 saturated heterocycles. The van der Waals surface area contributed by atoms with Gasteiger partial charge in [0.25, 0.3) is 0 Å². The van der Waals surface area contributed by atoms with E-state index in [9.17, 15) is 4.79 Å². The Morgan fingerprint density at radius 2 is 2.05 bits per heavy atom. The molecule has 1 fully saturated rings. The van der Waals surface area contributed by atoms with E-state index in [0.717, 1.165) is 24.5 Å². The maximum absolute atomic E-state index is 11.9. The van der Waals surface area contributed by atoms with Gasteiger partial charge < -0.3 is 10.2 Å². The van der Waals surface area contributed by atoms with E-state index in [-0.39, 0.29) is 5.91 Å². The second-order valence-corrected chi connectivity index (χ2v) is 5.88. The van der Waals surface area contributed by atoms with E-state index in [0.29, 0.717) is 17.4 Å². The molecule has 1 heterocycles. The molecule has 0 aliphatic carbocycles. The molecule has 1 amide bonds. The number of anilines is 2. The van der Waals surface area contributed by atoms with Crippen molar-refractivity contribution in [2.24, 2.45) is 5.92 Å². The summed E-state index contributed by atoms with van der Waals surface area (Å²) in [7, 11) is 0. The normalized spacial score (nSPS) is 15.1. The zero-order chi connectivity index (χ0) is 13.8. The minimum absolute atomic E-state index is 0.0534. The Balaban J connectivity index is 2.19. The summed E-state index contributed by atoms with van der Waals surface area (Å²) in [5, 5.41) is 3.71. The Bertz CT molecular complexity index is 453. The van der Waals surface area contributed by atoms with Gasteiger partial charge in [0, 0.05) is 19.5 Å². The molecule has 1 aromatic carbocycles. The lowest BCUT2D eigenvalue weighted by Crippen LogP contribution is -2.22. The Hall–Kier alpha value is -1.22. The second-order valence-electron chi connectivity index (χ2n) is 5.48. The van der Waals surface area contributed by atoms with E-state index in [1.54, 1.807) is 0 Å². The Kier molecular flexibility index (Phi) is 4.70. The first-order chi connectivity index (χ1) is 9.08. The van der Waals surface area contributed by atoms with Gasteiger partial charge in [0.05, 0.1) is 16.4 Å². The summed E-state index contributed by atoms with van der Waals surface area (Å²) in [5.74, 6) is 0.409. The molecule has 1 aliphatic rings. The zero-order valence-electron chi connectivity index (χ0n) is 11.6. The largest absolute Gasteiger partial charge is 0.369 e. The van der Waals surface area contributed by atoms with E-state index < -0.39 is 0 Å². The highest BCUT2D eigenvalue weighted by Gasteiger charge is 2.19. The summed E-state index contributed by atoms with van der Waals surface area (Å²) in [4.78, 5) is 14.2. The van der Waals surface area contributed by atoms with Crippen molar-refractivity contribution in [3.05, 3.63) is 23.2 Å². The molecule has 19 heavy (non-hydrogen) atoms. The van der Waals surface area contributed by atoms with Gasteiger partial charge in [-0.15, -0.1) is 0 Å². The topological polar surface area (TPSA) is 32.3 Å². The SMILES string of the molecule is CC(C)CC(=O)Nc1cccc(Cl)c1N1CCCC1. The van der Waals surface area contributed by atoms with Crippen molar-refractivity contribution in [1.29, 1.82) is 0 Å². The average molecular weight is 281 g/mol. The fourth-order valence-electron chi connectivity index (χ4n) is 2.45. The highest BCUT2D eigenvalue weighted by molar-refractivity contribution is 6.34. The lowest BCUT2D eigenvalue weighted by atomic mass is 10.1. The number of halogens is 1. The Morgan fingerprint density at radius 3 is 2.68 bits per heavy atom. The van der Waals surface area contributed by atoms with Crippen LogP contribution in [0.3, 0.4) is 0 Å². The molecule has 0 bridgehead atoms. The number of carbonyl (C=O) groups excluding carboxylic acids is 1. The van der Waals surface area contributed by atoms with Crippen molar-refractivity contribution in [2.75, 3.05) is 23.3 Å². The van der Waals surface area contributed by atoms with Crippen LogP contribution in [0.1, 0.15) is 33.1 Å². The molecule has 1 aromatic rings. The predicted molar refractivity (Wildman–Crippen MR) is 81.0 cm³/mol. The van der Waals surface area contributed by atoms with Crippen LogP contribution in [-0.4, -0.2) is 19.0 Å². The average Bonchev–Trinajstić information content (AvgIpc) is 2.81. The first-order valence-corrected chi connectivity index (χ1v) is 7.29. The number of rotatable bonds is 4. The van der Waals surface area contributed by atoms with Crippen LogP contribution in [-0.2, 0) is 4.79 Å². The summed E-state index contributed by atoms with van der Waals surface area (Å²) in [6, 6.07) is 5.69. The smallest absolute Gasteiger partial charge is 0.224 e. The molecule has 0 saturated carbocycles. The van der Waals surface area contributed by atoms with E-state index in [1.807, 2.05) is 32.0 Å². The molecule has 1 aliphatic heterocycles. The predicted octanol–water partition coefficient (Wildman–Crippen LogP) is 3.92. The van der Waals surface area contributed by atoms with Crippen molar-refractivity contribution in [3.8, 4) is 0 Å². The maximum atomic E-state index is 11.9. The quantitative estimate of drug-likeness (QED) is 0.906. The number of hydrogen-bond acceptors (Lipinski definition) is 2. The first kappa shape index (κ1) is 14.2. The van der Waals surface area contributed by atoms with Gasteiger partial charge in [0.2, 0.25) is 5.91 Å². The standard InChI is InChI=1S/C15H21ClN2O/c1-11(2)10-14(19)17-13-7-5-6-12(16)15(13)18-8-3-4-9-18/h5-7,11H,3-4,8-10H2,1-2H3,(H,17,19). The Morgan fingerprint density at radius 1 is 1.37 bits per heavy atom. The molecule has 1 N–H and O–H groups in total. The van der Waals surface area contributed by atoms with Gasteiger partial charge in [0.1, 0.15) is 0 Å². The number of nitrogens with one attached hydrogen (secondary N) is 1. The lowest BCUT2D eigenvalue weighted by Gasteiger charge is -2.23. The molecule has 2 rings (SSSR count). The summed E-state index contributed by atoms with van der Waals surface area (Å²) < 4.78 is 0. The molecule has 0 aromatic heterocycles. The van der Waals surface area contributed by atoms with Gasteiger partial charge in [-0.3, -0.25) is 4.79 Å². The molecular weight excluding hydrogens is 260 g/mol. The highest BCUT2D eigenvalue weighted by Crippen LogP contribution is 2.36. The van der Waals surface area contributed by atoms with Crippen LogP contribution in [0.15, 0.2) is 18.2 Å². The minimum atomic E-state index is 0.0534. The monoisotopic (exact) mass is 280 g/mol. The van der Waals surface area contributed by atoms with E-state index in [2.05, 4.69) is 10.2 Å². The van der Waals surface area contributed by atoms with Gasteiger partial charge in [-0.1, -0.05) is 31.5 Å². The van der Waals surface area contributed by atoms with Crippen LogP contribution in [0.4, 0.5) is 11.4 Å². The minimum Gasteiger partial charge on any atom is -0.369 e. The summed E-state index contributed by atoms with van der Waals surface area (Å²) in [6.45, 7) is 6.10. The molecule has 0 radical (unpaired) electrons. The van der Waals surface area contributed by atoms with Gasteiger partial charge in [-0.05, 0) is 30.9 Å². The Labute approximate surface area is 119 Å². The number of para-hydroxylation sites is 1. The fourth-order valence-corrected chi connectivity index (χ4v) is 2.74. The van der Waals surface area contributed by atoms with Crippen molar-refractivity contribution in [1.82, 2.24) is 0 Å². The number of benzene rings is 1. The molecule has 0 spiro atoms. The van der Waals surface area contributed by atoms with Gasteiger partial charge in [-0.2, -0.15) is 0 Å². The van der Waals surface area contributed by atoms with E-state index >= 15 is 0 Å². The van der Waals surface area contributed by atoms with Gasteiger partial charge in [-0.25, -0.2) is 0 Å².